The first-order valence-electron chi connectivity index (χ1n) is 10.0. The molecule has 5 aliphatic rings. The zero-order chi connectivity index (χ0) is 19.6. The number of rotatable bonds is 1. The molecule has 5 rings (SSSR count). The number of ketones is 2. The van der Waals surface area contributed by atoms with E-state index in [1.165, 1.54) is 19.1 Å². The molecular weight excluding hydrogens is 347 g/mol. The van der Waals surface area contributed by atoms with Crippen molar-refractivity contribution in [2.24, 2.45) is 28.6 Å². The van der Waals surface area contributed by atoms with Crippen molar-refractivity contribution < 1.29 is 23.8 Å². The first-order chi connectivity index (χ1) is 12.5. The first-order valence-corrected chi connectivity index (χ1v) is 10.0. The lowest BCUT2D eigenvalue weighted by atomic mass is 9.46. The number of alkyl halides is 1. The zero-order valence-corrected chi connectivity index (χ0v) is 16.3. The van der Waals surface area contributed by atoms with E-state index >= 15 is 4.39 Å². The van der Waals surface area contributed by atoms with Gasteiger partial charge in [0, 0.05) is 10.8 Å². The van der Waals surface area contributed by atoms with Crippen LogP contribution in [0, 0.1) is 28.6 Å². The minimum absolute atomic E-state index is 0.0165. The van der Waals surface area contributed by atoms with Crippen molar-refractivity contribution in [1.29, 1.82) is 0 Å². The molecule has 5 heteroatoms. The molecule has 0 aromatic rings. The highest BCUT2D eigenvalue weighted by atomic mass is 19.1. The molecule has 1 heterocycles. The van der Waals surface area contributed by atoms with E-state index in [2.05, 4.69) is 0 Å². The number of hydrogen-bond donors (Lipinski definition) is 1. The predicted octanol–water partition coefficient (Wildman–Crippen LogP) is 2.94. The summed E-state index contributed by atoms with van der Waals surface area (Å²) in [5.74, 6) is -0.588. The predicted molar refractivity (Wildman–Crippen MR) is 96.6 cm³/mol. The molecule has 1 N–H and O–H groups in total. The van der Waals surface area contributed by atoms with Gasteiger partial charge in [-0.25, -0.2) is 4.39 Å². The van der Waals surface area contributed by atoms with Gasteiger partial charge in [-0.05, 0) is 68.6 Å². The molecule has 4 fully saturated rings. The SMILES string of the molecule is CC(=O)[C@@]1(O)C(C)C[C@H]2[C@@H]3CC(F)C4=CC(=O)C=C[C@]4(C)[C@]34OC4C[C@@]21C. The van der Waals surface area contributed by atoms with Crippen LogP contribution in [0.3, 0.4) is 0 Å². The third kappa shape index (κ3) is 1.69. The van der Waals surface area contributed by atoms with Gasteiger partial charge in [0.1, 0.15) is 17.4 Å². The zero-order valence-electron chi connectivity index (χ0n) is 16.3. The van der Waals surface area contributed by atoms with Crippen LogP contribution < -0.4 is 0 Å². The molecule has 1 saturated heterocycles. The molecule has 27 heavy (non-hydrogen) atoms. The molecular formula is C22H27FO4. The monoisotopic (exact) mass is 374 g/mol. The number of halogens is 1. The van der Waals surface area contributed by atoms with E-state index in [0.29, 0.717) is 24.8 Å². The third-order valence-electron chi connectivity index (χ3n) is 9.04. The van der Waals surface area contributed by atoms with E-state index in [4.69, 9.17) is 4.74 Å². The van der Waals surface area contributed by atoms with Crippen molar-refractivity contribution in [2.75, 3.05) is 0 Å². The second-order valence-corrected chi connectivity index (χ2v) is 9.93. The smallest absolute Gasteiger partial charge is 0.178 e. The van der Waals surface area contributed by atoms with Crippen LogP contribution in [0.25, 0.3) is 0 Å². The summed E-state index contributed by atoms with van der Waals surface area (Å²) in [6.07, 6.45) is 5.07. The van der Waals surface area contributed by atoms with Crippen molar-refractivity contribution in [3.63, 3.8) is 0 Å². The Bertz CT molecular complexity index is 832. The van der Waals surface area contributed by atoms with Gasteiger partial charge in [-0.15, -0.1) is 0 Å². The number of Topliss-reactive ketones (excluding diaryl/α,β-unsaturated/α-hetero) is 1. The van der Waals surface area contributed by atoms with Crippen molar-refractivity contribution in [2.45, 2.75) is 70.4 Å². The molecule has 0 bridgehead atoms. The Kier molecular flexibility index (Phi) is 3.15. The van der Waals surface area contributed by atoms with Gasteiger partial charge in [0.15, 0.2) is 11.6 Å². The Labute approximate surface area is 158 Å². The van der Waals surface area contributed by atoms with Crippen LogP contribution in [0.5, 0.6) is 0 Å². The average Bonchev–Trinajstić information content (AvgIpc) is 3.27. The van der Waals surface area contributed by atoms with Crippen molar-refractivity contribution in [1.82, 2.24) is 0 Å². The molecule has 146 valence electrons. The molecule has 1 spiro atoms. The summed E-state index contributed by atoms with van der Waals surface area (Å²) >= 11 is 0. The van der Waals surface area contributed by atoms with Gasteiger partial charge < -0.3 is 9.84 Å². The number of fused-ring (bicyclic) bond motifs is 3. The third-order valence-corrected chi connectivity index (χ3v) is 9.04. The fourth-order valence-electron chi connectivity index (χ4n) is 7.73. The molecule has 0 aromatic carbocycles. The summed E-state index contributed by atoms with van der Waals surface area (Å²) < 4.78 is 21.6. The quantitative estimate of drug-likeness (QED) is 0.717. The Hall–Kier alpha value is -1.33. The summed E-state index contributed by atoms with van der Waals surface area (Å²) in [5.41, 5.74) is -2.64. The Morgan fingerprint density at radius 1 is 1.30 bits per heavy atom. The highest BCUT2D eigenvalue weighted by Gasteiger charge is 2.82. The highest BCUT2D eigenvalue weighted by Crippen LogP contribution is 2.76. The lowest BCUT2D eigenvalue weighted by Gasteiger charge is -2.56. The maximum absolute atomic E-state index is 15.3. The van der Waals surface area contributed by atoms with Gasteiger partial charge in [0.2, 0.25) is 0 Å². The minimum atomic E-state index is -1.39. The van der Waals surface area contributed by atoms with E-state index in [9.17, 15) is 14.7 Å². The van der Waals surface area contributed by atoms with Crippen LogP contribution >= 0.6 is 0 Å². The van der Waals surface area contributed by atoms with E-state index in [1.54, 1.807) is 0 Å². The summed E-state index contributed by atoms with van der Waals surface area (Å²) in [6.45, 7) is 7.39. The highest BCUT2D eigenvalue weighted by molar-refractivity contribution is 6.01. The van der Waals surface area contributed by atoms with Crippen molar-refractivity contribution in [3.05, 3.63) is 23.8 Å². The van der Waals surface area contributed by atoms with Gasteiger partial charge in [-0.1, -0.05) is 19.9 Å². The first kappa shape index (κ1) is 17.7. The Morgan fingerprint density at radius 3 is 2.67 bits per heavy atom. The maximum atomic E-state index is 15.3. The number of allylic oxidation sites excluding steroid dienone is 2. The molecule has 4 nitrogen and oxygen atoms in total. The summed E-state index contributed by atoms with van der Waals surface area (Å²) in [4.78, 5) is 24.4. The van der Waals surface area contributed by atoms with Crippen LogP contribution in [0.2, 0.25) is 0 Å². The van der Waals surface area contributed by atoms with E-state index in [-0.39, 0.29) is 35.4 Å². The van der Waals surface area contributed by atoms with Gasteiger partial charge >= 0.3 is 0 Å². The second-order valence-electron chi connectivity index (χ2n) is 9.93. The molecule has 3 unspecified atom stereocenters. The van der Waals surface area contributed by atoms with Crippen molar-refractivity contribution >= 4 is 11.6 Å². The lowest BCUT2D eigenvalue weighted by molar-refractivity contribution is -0.161. The molecule has 3 saturated carbocycles. The van der Waals surface area contributed by atoms with E-state index < -0.39 is 28.2 Å². The minimum Gasteiger partial charge on any atom is -0.381 e. The van der Waals surface area contributed by atoms with Crippen LogP contribution in [0.15, 0.2) is 23.8 Å². The van der Waals surface area contributed by atoms with Gasteiger partial charge in [0.25, 0.3) is 0 Å². The summed E-state index contributed by atoms with van der Waals surface area (Å²) in [5, 5.41) is 11.4. The van der Waals surface area contributed by atoms with E-state index in [0.717, 1.165) is 0 Å². The largest absolute Gasteiger partial charge is 0.381 e. The molecule has 0 aromatic heterocycles. The number of carbonyl (C=O) groups is 2. The maximum Gasteiger partial charge on any atom is 0.178 e. The van der Waals surface area contributed by atoms with Crippen LogP contribution in [0.1, 0.15) is 47.0 Å². The van der Waals surface area contributed by atoms with Gasteiger partial charge in [0.05, 0.1) is 6.10 Å². The Balaban J connectivity index is 1.64. The normalized spacial score (nSPS) is 57.9. The number of epoxide rings is 1. The summed E-state index contributed by atoms with van der Waals surface area (Å²) in [6, 6.07) is 0. The van der Waals surface area contributed by atoms with Crippen molar-refractivity contribution in [3.8, 4) is 0 Å². The van der Waals surface area contributed by atoms with E-state index in [1.807, 2.05) is 26.8 Å². The number of aliphatic hydroxyl groups is 1. The fraction of sp³-hybridized carbons (Fsp3) is 0.727. The van der Waals surface area contributed by atoms with Crippen LogP contribution in [-0.2, 0) is 14.3 Å². The second kappa shape index (κ2) is 4.80. The lowest BCUT2D eigenvalue weighted by Crippen LogP contribution is -2.62. The van der Waals surface area contributed by atoms with Crippen LogP contribution in [0.4, 0.5) is 4.39 Å². The summed E-state index contributed by atoms with van der Waals surface area (Å²) in [7, 11) is 0. The molecule has 9 atom stereocenters. The molecule has 4 aliphatic carbocycles. The Morgan fingerprint density at radius 2 is 2.00 bits per heavy atom. The number of ether oxygens (including phenoxy) is 1. The van der Waals surface area contributed by atoms with Crippen LogP contribution in [-0.4, -0.2) is 40.2 Å². The fourth-order valence-corrected chi connectivity index (χ4v) is 7.73. The number of hydrogen-bond acceptors (Lipinski definition) is 4. The standard InChI is InChI=1S/C22H27FO4/c1-11-7-14-15-9-17(23)16-8-13(25)5-6-19(16,3)22(15)18(27-22)10-20(14,4)21(11,26)12(2)24/h5-6,8,11,14-15,17-18,26H,7,9-10H2,1-4H3/t11?,14-,15-,17?,18?,19-,20-,21-,22-/m0/s1. The molecule has 0 amide bonds. The topological polar surface area (TPSA) is 66.9 Å². The van der Waals surface area contributed by atoms with Gasteiger partial charge in [-0.3, -0.25) is 9.59 Å². The molecule has 0 radical (unpaired) electrons. The van der Waals surface area contributed by atoms with Gasteiger partial charge in [-0.2, -0.15) is 0 Å². The average molecular weight is 374 g/mol. The number of carbonyl (C=O) groups excluding carboxylic acids is 2. The molecule has 1 aliphatic heterocycles.